The van der Waals surface area contributed by atoms with Crippen molar-refractivity contribution >= 4 is 3.21 Å². The van der Waals surface area contributed by atoms with E-state index in [0.29, 0.717) is 11.3 Å². The number of benzene rings is 4. The quantitative estimate of drug-likeness (QED) is 0.160. The average molecular weight is 867 g/mol. The van der Waals surface area contributed by atoms with Crippen molar-refractivity contribution in [1.82, 2.24) is 0 Å². The number of halogens is 2. The van der Waals surface area contributed by atoms with Gasteiger partial charge in [-0.25, -0.2) is 6.08 Å². The Morgan fingerprint density at radius 2 is 1.00 bits per heavy atom. The van der Waals surface area contributed by atoms with Crippen LogP contribution in [0.5, 0.6) is 0 Å². The molecule has 0 aromatic heterocycles. The van der Waals surface area contributed by atoms with Gasteiger partial charge in [0.2, 0.25) is 0 Å². The topological polar surface area (TPSA) is 0 Å². The summed E-state index contributed by atoms with van der Waals surface area (Å²) in [6, 6.07) is 33.2. The van der Waals surface area contributed by atoms with Crippen molar-refractivity contribution in [2.75, 3.05) is 0 Å². The van der Waals surface area contributed by atoms with Gasteiger partial charge in [0.15, 0.2) is 0 Å². The first-order chi connectivity index (χ1) is 24.8. The van der Waals surface area contributed by atoms with E-state index in [-0.39, 0.29) is 46.5 Å². The fraction of sp³-hybridized carbons (Fsp3) is 0.453. The van der Waals surface area contributed by atoms with Gasteiger partial charge >= 0.3 is 151 Å². The van der Waals surface area contributed by atoms with Gasteiger partial charge in [-0.15, -0.1) is 5.56 Å². The molecule has 0 spiro atoms. The smallest absolute Gasteiger partial charge is 0.0640 e. The maximum Gasteiger partial charge on any atom is -0.0640 e. The third kappa shape index (κ3) is 13.1. The summed E-state index contributed by atoms with van der Waals surface area (Å²) >= 11 is 1.46. The molecule has 2 aliphatic rings. The van der Waals surface area contributed by atoms with E-state index in [9.17, 15) is 0 Å². The molecule has 0 fully saturated rings. The first kappa shape index (κ1) is 49.8. The summed E-state index contributed by atoms with van der Waals surface area (Å²) in [5, 5.41) is 0. The SMILES string of the molecule is CC(C)(C)c1c[c-]c2c(c1)-c1cc(C(C)(C)C)ccc1C2.CC(C)(C)c1ccc([C](=[Zr+2])c2ccc(C(C)(C)C)cc2)cc1.CCC1[C-]=CC(C(C)(C)C)=C1.[Cl-].[Cl-]. The van der Waals surface area contributed by atoms with Crippen molar-refractivity contribution < 1.29 is 49.0 Å². The Bertz CT molecular complexity index is 1850. The summed E-state index contributed by atoms with van der Waals surface area (Å²) in [7, 11) is 0. The van der Waals surface area contributed by atoms with E-state index < -0.39 is 0 Å². The molecule has 0 radical (unpaired) electrons. The molecule has 300 valence electrons. The van der Waals surface area contributed by atoms with Gasteiger partial charge in [-0.05, 0) is 17.4 Å². The van der Waals surface area contributed by atoms with Gasteiger partial charge in [0.1, 0.15) is 0 Å². The van der Waals surface area contributed by atoms with Gasteiger partial charge in [-0.1, -0.05) is 122 Å². The van der Waals surface area contributed by atoms with Crippen LogP contribution >= 0.6 is 0 Å². The van der Waals surface area contributed by atoms with Crippen LogP contribution < -0.4 is 24.8 Å². The second-order valence-corrected chi connectivity index (χ2v) is 21.8. The van der Waals surface area contributed by atoms with E-state index in [1.54, 1.807) is 0 Å². The molecule has 0 amide bonds. The van der Waals surface area contributed by atoms with Crippen LogP contribution in [0, 0.1) is 23.5 Å². The molecule has 0 saturated carbocycles. The second kappa shape index (κ2) is 19.2. The summed E-state index contributed by atoms with van der Waals surface area (Å²) in [6.07, 6.45) is 10.0. The summed E-state index contributed by atoms with van der Waals surface area (Å²) < 4.78 is 1.42. The van der Waals surface area contributed by atoms with Crippen molar-refractivity contribution in [3.05, 3.63) is 153 Å². The molecule has 3 heteroatoms. The van der Waals surface area contributed by atoms with Crippen molar-refractivity contribution in [2.45, 2.75) is 145 Å². The standard InChI is InChI=1S/C21H25.C21H26.C11H17.2ClH.Zr/c1-20(2,3)16-9-7-14-11-15-8-10-17(21(4,5)6)13-19(15)18(14)12-16;1-20(2,3)18-11-7-16(8-12-18)15-17-9-13-19(14-10-17)21(4,5)6;1-5-9-6-7-10(8-9)11(2,3)4;;;/h7,9-10,12-13H,11H2,1-6H3;7-14H,1-6H3;7-9H,5H2,1-4H3;2*1H;/q-1;;-1;;;+2/p-2. The zero-order chi connectivity index (χ0) is 40.4. The van der Waals surface area contributed by atoms with Gasteiger partial charge < -0.3 is 24.8 Å². The van der Waals surface area contributed by atoms with Gasteiger partial charge in [-0.3, -0.25) is 6.08 Å². The number of allylic oxidation sites excluding steroid dienone is 4. The molecule has 0 aliphatic heterocycles. The number of hydrogen-bond donors (Lipinski definition) is 0. The first-order valence-corrected chi connectivity index (χ1v) is 21.3. The minimum atomic E-state index is 0. The Morgan fingerprint density at radius 1 is 0.571 bits per heavy atom. The van der Waals surface area contributed by atoms with E-state index in [1.165, 1.54) is 95.1 Å². The van der Waals surface area contributed by atoms with Gasteiger partial charge in [0.05, 0.1) is 0 Å². The maximum atomic E-state index is 3.53. The second-order valence-electron chi connectivity index (χ2n) is 20.6. The summed E-state index contributed by atoms with van der Waals surface area (Å²) in [4.78, 5) is 0. The largest absolute Gasteiger partial charge is 1.00 e. The third-order valence-corrected chi connectivity index (χ3v) is 12.2. The summed E-state index contributed by atoms with van der Waals surface area (Å²) in [5.74, 6) is 0.573. The Kier molecular flexibility index (Phi) is 17.1. The molecule has 1 unspecified atom stereocenters. The van der Waals surface area contributed by atoms with Crippen molar-refractivity contribution in [3.8, 4) is 11.1 Å². The first-order valence-electron chi connectivity index (χ1n) is 20.1. The Labute approximate surface area is 370 Å². The molecule has 1 atom stereocenters. The van der Waals surface area contributed by atoms with E-state index in [2.05, 4.69) is 214 Å². The van der Waals surface area contributed by atoms with Crippen LogP contribution in [0.3, 0.4) is 0 Å². The van der Waals surface area contributed by atoms with Crippen molar-refractivity contribution in [3.63, 3.8) is 0 Å². The van der Waals surface area contributed by atoms with Crippen LogP contribution in [0.1, 0.15) is 162 Å². The normalized spacial score (nSPS) is 14.8. The summed E-state index contributed by atoms with van der Waals surface area (Å²) in [5.41, 5.74) is 16.4. The fourth-order valence-electron chi connectivity index (χ4n) is 6.64. The molecule has 4 aromatic carbocycles. The Balaban J connectivity index is 0.000000300. The van der Waals surface area contributed by atoms with E-state index in [4.69, 9.17) is 0 Å². The fourth-order valence-corrected chi connectivity index (χ4v) is 7.46. The molecule has 6 rings (SSSR count). The molecule has 0 saturated heterocycles. The molecule has 0 heterocycles. The predicted octanol–water partition coefficient (Wildman–Crippen LogP) is 8.42. The van der Waals surface area contributed by atoms with Gasteiger partial charge in [0, 0.05) is 0 Å². The van der Waals surface area contributed by atoms with Crippen LogP contribution in [0.4, 0.5) is 0 Å². The third-order valence-electron chi connectivity index (χ3n) is 10.7. The molecule has 2 aliphatic carbocycles. The van der Waals surface area contributed by atoms with Gasteiger partial charge in [-0.2, -0.15) is 41.0 Å². The van der Waals surface area contributed by atoms with E-state index in [0.717, 1.165) is 6.42 Å². The summed E-state index contributed by atoms with van der Waals surface area (Å²) in [6.45, 7) is 36.1. The van der Waals surface area contributed by atoms with Crippen LogP contribution in [0.15, 0.2) is 96.6 Å². The van der Waals surface area contributed by atoms with E-state index >= 15 is 0 Å². The Morgan fingerprint density at radius 3 is 1.38 bits per heavy atom. The molecular weight excluding hydrogens is 799 g/mol. The molecular formula is C53H68Cl2Zr-2. The van der Waals surface area contributed by atoms with Crippen LogP contribution in [-0.2, 0) is 52.3 Å². The van der Waals surface area contributed by atoms with Crippen molar-refractivity contribution in [1.29, 1.82) is 0 Å². The number of rotatable bonds is 3. The minimum absolute atomic E-state index is 0. The van der Waals surface area contributed by atoms with Crippen LogP contribution in [-0.4, -0.2) is 3.21 Å². The molecule has 0 nitrogen and oxygen atoms in total. The molecule has 4 aromatic rings. The van der Waals surface area contributed by atoms with Crippen LogP contribution in [0.25, 0.3) is 11.1 Å². The predicted molar refractivity (Wildman–Crippen MR) is 234 cm³/mol. The van der Waals surface area contributed by atoms with Crippen molar-refractivity contribution in [2.24, 2.45) is 11.3 Å². The molecule has 0 bridgehead atoms. The number of fused-ring (bicyclic) bond motifs is 3. The van der Waals surface area contributed by atoms with Crippen LogP contribution in [0.2, 0.25) is 0 Å². The number of hydrogen-bond acceptors (Lipinski definition) is 0. The molecule has 56 heavy (non-hydrogen) atoms. The zero-order valence-corrected chi connectivity index (χ0v) is 41.4. The monoisotopic (exact) mass is 864 g/mol. The maximum absolute atomic E-state index is 3.53. The molecule has 0 N–H and O–H groups in total. The van der Waals surface area contributed by atoms with Gasteiger partial charge in [0.25, 0.3) is 0 Å². The van der Waals surface area contributed by atoms with E-state index in [1.807, 2.05) is 0 Å². The zero-order valence-electron chi connectivity index (χ0n) is 37.4. The average Bonchev–Trinajstić information content (AvgIpc) is 3.72. The Hall–Kier alpha value is -2.31. The minimum Gasteiger partial charge on any atom is -1.00 e.